The van der Waals surface area contributed by atoms with Gasteiger partial charge >= 0.3 is 0 Å². The van der Waals surface area contributed by atoms with Gasteiger partial charge in [-0.25, -0.2) is 0 Å². The molecule has 0 spiro atoms. The predicted molar refractivity (Wildman–Crippen MR) is 51.7 cm³/mol. The third-order valence-electron chi connectivity index (χ3n) is 1.79. The first kappa shape index (κ1) is 9.42. The first-order chi connectivity index (χ1) is 5.65. The Morgan fingerprint density at radius 3 is 2.83 bits per heavy atom. The van der Waals surface area contributed by atoms with Crippen molar-refractivity contribution in [3.63, 3.8) is 0 Å². The molecule has 0 saturated carbocycles. The molecule has 0 aliphatic carbocycles. The van der Waals surface area contributed by atoms with E-state index in [0.717, 1.165) is 10.4 Å². The lowest BCUT2D eigenvalue weighted by molar-refractivity contribution is 0.0960. The maximum atomic E-state index is 11.5. The molecule has 2 N–H and O–H groups in total. The Hall–Kier alpha value is -0.670. The van der Waals surface area contributed by atoms with Crippen molar-refractivity contribution in [3.8, 4) is 0 Å². The Morgan fingerprint density at radius 1 is 1.75 bits per heavy atom. The van der Waals surface area contributed by atoms with Crippen LogP contribution in [0.5, 0.6) is 0 Å². The highest BCUT2D eigenvalue weighted by Crippen LogP contribution is 2.14. The smallest absolute Gasteiger partial charge is 0.180 e. The van der Waals surface area contributed by atoms with E-state index in [-0.39, 0.29) is 11.8 Å². The lowest BCUT2D eigenvalue weighted by Gasteiger charge is -2.04. The van der Waals surface area contributed by atoms with Crippen LogP contribution in [0.2, 0.25) is 0 Å². The second kappa shape index (κ2) is 3.83. The summed E-state index contributed by atoms with van der Waals surface area (Å²) in [6, 6.07) is 1.56. The number of aryl methyl sites for hydroxylation is 1. The number of carbonyl (C=O) groups excluding carboxylic acids is 1. The van der Waals surface area contributed by atoms with E-state index in [2.05, 4.69) is 0 Å². The summed E-state index contributed by atoms with van der Waals surface area (Å²) < 4.78 is 0. The summed E-state index contributed by atoms with van der Waals surface area (Å²) in [5, 5.41) is 1.87. The number of carbonyl (C=O) groups is 1. The van der Waals surface area contributed by atoms with Crippen LogP contribution < -0.4 is 5.73 Å². The highest BCUT2D eigenvalue weighted by Gasteiger charge is 2.14. The van der Waals surface area contributed by atoms with Crippen molar-refractivity contribution in [3.05, 3.63) is 21.9 Å². The monoisotopic (exact) mass is 183 g/mol. The van der Waals surface area contributed by atoms with Crippen molar-refractivity contribution >= 4 is 17.1 Å². The molecule has 0 bridgehead atoms. The molecule has 1 heterocycles. The number of hydrogen-bond acceptors (Lipinski definition) is 3. The molecule has 0 aromatic carbocycles. The third kappa shape index (κ3) is 1.93. The molecule has 0 fully saturated rings. The predicted octanol–water partition coefficient (Wildman–Crippen LogP) is 1.98. The van der Waals surface area contributed by atoms with Crippen LogP contribution in [0, 0.1) is 6.92 Å². The molecule has 1 aromatic rings. The molecule has 1 atom stereocenters. The number of ketones is 1. The summed E-state index contributed by atoms with van der Waals surface area (Å²) in [6.45, 7) is 3.90. The number of Topliss-reactive ketones (excluding diaryl/α,β-unsaturated/α-hetero) is 1. The van der Waals surface area contributed by atoms with Gasteiger partial charge in [0.15, 0.2) is 5.78 Å². The Labute approximate surface area is 76.4 Å². The largest absolute Gasteiger partial charge is 0.321 e. The van der Waals surface area contributed by atoms with Crippen LogP contribution in [0.15, 0.2) is 11.4 Å². The van der Waals surface area contributed by atoms with Crippen LogP contribution in [0.3, 0.4) is 0 Å². The molecular weight excluding hydrogens is 170 g/mol. The Morgan fingerprint density at radius 2 is 2.42 bits per heavy atom. The second-order valence-electron chi connectivity index (χ2n) is 2.83. The van der Waals surface area contributed by atoms with Crippen LogP contribution in [0.1, 0.15) is 28.6 Å². The molecule has 1 unspecified atom stereocenters. The fourth-order valence-electron chi connectivity index (χ4n) is 0.972. The average molecular weight is 183 g/mol. The van der Waals surface area contributed by atoms with Crippen molar-refractivity contribution in [2.75, 3.05) is 0 Å². The van der Waals surface area contributed by atoms with Gasteiger partial charge in [0.25, 0.3) is 0 Å². The van der Waals surface area contributed by atoms with Gasteiger partial charge in [-0.1, -0.05) is 6.92 Å². The van der Waals surface area contributed by atoms with Crippen LogP contribution >= 0.6 is 11.3 Å². The van der Waals surface area contributed by atoms with E-state index >= 15 is 0 Å². The zero-order valence-electron chi connectivity index (χ0n) is 7.33. The maximum absolute atomic E-state index is 11.5. The van der Waals surface area contributed by atoms with Gasteiger partial charge in [0.05, 0.1) is 6.04 Å². The molecular formula is C9H13NOS. The van der Waals surface area contributed by atoms with E-state index in [0.29, 0.717) is 6.42 Å². The van der Waals surface area contributed by atoms with Crippen LogP contribution in [-0.2, 0) is 0 Å². The Bertz CT molecular complexity index is 280. The summed E-state index contributed by atoms with van der Waals surface area (Å²) in [6.07, 6.45) is 0.702. The SMILES string of the molecule is CCC(N)C(=O)c1csc(C)c1. The van der Waals surface area contributed by atoms with Crippen LogP contribution in [-0.4, -0.2) is 11.8 Å². The number of nitrogens with two attached hydrogens (primary N) is 1. The normalized spacial score (nSPS) is 12.9. The van der Waals surface area contributed by atoms with E-state index < -0.39 is 0 Å². The summed E-state index contributed by atoms with van der Waals surface area (Å²) in [5.41, 5.74) is 6.37. The third-order valence-corrected chi connectivity index (χ3v) is 2.65. The Kier molecular flexibility index (Phi) is 3.00. The van der Waals surface area contributed by atoms with Crippen LogP contribution in [0.25, 0.3) is 0 Å². The number of rotatable bonds is 3. The highest BCUT2D eigenvalue weighted by molar-refractivity contribution is 7.10. The molecule has 0 aliphatic heterocycles. The van der Waals surface area contributed by atoms with Crippen molar-refractivity contribution in [2.24, 2.45) is 5.73 Å². The summed E-state index contributed by atoms with van der Waals surface area (Å²) in [7, 11) is 0. The van der Waals surface area contributed by atoms with Gasteiger partial charge in [0.1, 0.15) is 0 Å². The first-order valence-corrected chi connectivity index (χ1v) is 4.88. The molecule has 0 amide bonds. The first-order valence-electron chi connectivity index (χ1n) is 4.00. The standard InChI is InChI=1S/C9H13NOS/c1-3-8(10)9(11)7-4-6(2)12-5-7/h4-5,8H,3,10H2,1-2H3. The van der Waals surface area contributed by atoms with E-state index in [1.807, 2.05) is 25.3 Å². The number of thiophene rings is 1. The van der Waals surface area contributed by atoms with Gasteiger partial charge in [0.2, 0.25) is 0 Å². The minimum absolute atomic E-state index is 0.0573. The molecule has 12 heavy (non-hydrogen) atoms. The lowest BCUT2D eigenvalue weighted by Crippen LogP contribution is -2.29. The summed E-state index contributed by atoms with van der Waals surface area (Å²) >= 11 is 1.58. The molecule has 2 nitrogen and oxygen atoms in total. The fraction of sp³-hybridized carbons (Fsp3) is 0.444. The van der Waals surface area contributed by atoms with E-state index in [1.165, 1.54) is 0 Å². The minimum Gasteiger partial charge on any atom is -0.321 e. The zero-order valence-corrected chi connectivity index (χ0v) is 8.15. The lowest BCUT2D eigenvalue weighted by atomic mass is 10.1. The zero-order chi connectivity index (χ0) is 9.14. The van der Waals surface area contributed by atoms with Crippen molar-refractivity contribution in [2.45, 2.75) is 26.3 Å². The average Bonchev–Trinajstić information content (AvgIpc) is 2.49. The summed E-state index contributed by atoms with van der Waals surface area (Å²) in [5.74, 6) is 0.0573. The molecule has 3 heteroatoms. The molecule has 1 rings (SSSR count). The topological polar surface area (TPSA) is 43.1 Å². The van der Waals surface area contributed by atoms with E-state index in [9.17, 15) is 4.79 Å². The summed E-state index contributed by atoms with van der Waals surface area (Å²) in [4.78, 5) is 12.6. The maximum Gasteiger partial charge on any atom is 0.180 e. The number of hydrogen-bond donors (Lipinski definition) is 1. The molecule has 0 saturated heterocycles. The van der Waals surface area contributed by atoms with Gasteiger partial charge in [-0.15, -0.1) is 11.3 Å². The Balaban J connectivity index is 2.78. The second-order valence-corrected chi connectivity index (χ2v) is 3.94. The van der Waals surface area contributed by atoms with E-state index in [1.54, 1.807) is 11.3 Å². The van der Waals surface area contributed by atoms with Crippen molar-refractivity contribution in [1.29, 1.82) is 0 Å². The van der Waals surface area contributed by atoms with Crippen LogP contribution in [0.4, 0.5) is 0 Å². The van der Waals surface area contributed by atoms with Gasteiger partial charge in [-0.3, -0.25) is 4.79 Å². The highest BCUT2D eigenvalue weighted by atomic mass is 32.1. The van der Waals surface area contributed by atoms with Gasteiger partial charge < -0.3 is 5.73 Å². The van der Waals surface area contributed by atoms with Gasteiger partial charge in [-0.05, 0) is 19.4 Å². The minimum atomic E-state index is -0.334. The quantitative estimate of drug-likeness (QED) is 0.728. The van der Waals surface area contributed by atoms with Gasteiger partial charge in [0, 0.05) is 15.8 Å². The van der Waals surface area contributed by atoms with Gasteiger partial charge in [-0.2, -0.15) is 0 Å². The molecule has 66 valence electrons. The van der Waals surface area contributed by atoms with Crippen molar-refractivity contribution < 1.29 is 4.79 Å². The van der Waals surface area contributed by atoms with E-state index in [4.69, 9.17) is 5.73 Å². The molecule has 1 aromatic heterocycles. The molecule has 0 aliphatic rings. The molecule has 0 radical (unpaired) electrons. The fourth-order valence-corrected chi connectivity index (χ4v) is 1.66. The van der Waals surface area contributed by atoms with Crippen molar-refractivity contribution in [1.82, 2.24) is 0 Å².